The summed E-state index contributed by atoms with van der Waals surface area (Å²) in [6.07, 6.45) is 1.63. The number of nitrogens with zero attached hydrogens (tertiary/aromatic N) is 4. The van der Waals surface area contributed by atoms with Gasteiger partial charge in [-0.15, -0.1) is 5.10 Å². The number of aromatic nitrogens is 4. The molecule has 0 aliphatic heterocycles. The standard InChI is InChI=1S/C19H15N5O2/c1-13-11-12-20-19-22-17(23-24(13)19)18(25)21-14-7-9-16(10-8-14)26-15-5-3-2-4-6-15/h2-12H,1H3,(H,21,25). The van der Waals surface area contributed by atoms with Crippen LogP contribution in [0.3, 0.4) is 0 Å². The quantitative estimate of drug-likeness (QED) is 0.612. The van der Waals surface area contributed by atoms with Gasteiger partial charge in [0.15, 0.2) is 0 Å². The number of hydrogen-bond acceptors (Lipinski definition) is 5. The first-order valence-corrected chi connectivity index (χ1v) is 8.02. The minimum atomic E-state index is -0.397. The van der Waals surface area contributed by atoms with E-state index < -0.39 is 5.91 Å². The molecular formula is C19H15N5O2. The van der Waals surface area contributed by atoms with Gasteiger partial charge in [-0.2, -0.15) is 4.98 Å². The minimum Gasteiger partial charge on any atom is -0.457 e. The molecule has 0 aliphatic rings. The molecule has 0 radical (unpaired) electrons. The Kier molecular flexibility index (Phi) is 4.03. The van der Waals surface area contributed by atoms with Gasteiger partial charge in [0.05, 0.1) is 0 Å². The van der Waals surface area contributed by atoms with Crippen LogP contribution < -0.4 is 10.1 Å². The van der Waals surface area contributed by atoms with Gasteiger partial charge in [0.1, 0.15) is 11.5 Å². The smallest absolute Gasteiger partial charge is 0.295 e. The van der Waals surface area contributed by atoms with E-state index in [9.17, 15) is 4.79 Å². The number of nitrogens with one attached hydrogen (secondary N) is 1. The molecule has 4 aromatic rings. The maximum absolute atomic E-state index is 12.4. The summed E-state index contributed by atoms with van der Waals surface area (Å²) in [6, 6.07) is 18.4. The van der Waals surface area contributed by atoms with Gasteiger partial charge in [-0.1, -0.05) is 18.2 Å². The number of rotatable bonds is 4. The second kappa shape index (κ2) is 6.64. The van der Waals surface area contributed by atoms with Crippen LogP contribution in [0.15, 0.2) is 66.9 Å². The predicted molar refractivity (Wildman–Crippen MR) is 96.4 cm³/mol. The van der Waals surface area contributed by atoms with Gasteiger partial charge in [-0.25, -0.2) is 9.50 Å². The summed E-state index contributed by atoms with van der Waals surface area (Å²) in [5.74, 6) is 1.49. The first-order valence-electron chi connectivity index (χ1n) is 8.02. The molecule has 0 saturated carbocycles. The molecule has 128 valence electrons. The van der Waals surface area contributed by atoms with E-state index in [0.29, 0.717) is 17.2 Å². The maximum atomic E-state index is 12.4. The Bertz CT molecular complexity index is 1060. The Morgan fingerprint density at radius 2 is 1.73 bits per heavy atom. The van der Waals surface area contributed by atoms with Crippen molar-refractivity contribution in [1.29, 1.82) is 0 Å². The van der Waals surface area contributed by atoms with Gasteiger partial charge in [-0.3, -0.25) is 4.79 Å². The summed E-state index contributed by atoms with van der Waals surface area (Å²) in [5.41, 5.74) is 1.47. The number of benzene rings is 2. The molecule has 2 aromatic heterocycles. The fraction of sp³-hybridized carbons (Fsp3) is 0.0526. The summed E-state index contributed by atoms with van der Waals surface area (Å²) >= 11 is 0. The van der Waals surface area contributed by atoms with E-state index in [-0.39, 0.29) is 5.82 Å². The lowest BCUT2D eigenvalue weighted by atomic mass is 10.3. The maximum Gasteiger partial charge on any atom is 0.295 e. The number of aryl methyl sites for hydroxylation is 1. The Morgan fingerprint density at radius 1 is 1.00 bits per heavy atom. The Hall–Kier alpha value is -3.74. The van der Waals surface area contributed by atoms with Gasteiger partial charge in [0.25, 0.3) is 11.7 Å². The SMILES string of the molecule is Cc1ccnc2nc(C(=O)Nc3ccc(Oc4ccccc4)cc3)nn12. The van der Waals surface area contributed by atoms with Crippen LogP contribution in [0.2, 0.25) is 0 Å². The van der Waals surface area contributed by atoms with Gasteiger partial charge in [-0.05, 0) is 49.4 Å². The van der Waals surface area contributed by atoms with Gasteiger partial charge in [0.2, 0.25) is 5.82 Å². The van der Waals surface area contributed by atoms with Crippen LogP contribution in [0, 0.1) is 6.92 Å². The van der Waals surface area contributed by atoms with E-state index >= 15 is 0 Å². The van der Waals surface area contributed by atoms with Crippen molar-refractivity contribution in [2.24, 2.45) is 0 Å². The van der Waals surface area contributed by atoms with E-state index in [1.54, 1.807) is 36.5 Å². The molecule has 0 fully saturated rings. The zero-order chi connectivity index (χ0) is 17.9. The Labute approximate surface area is 149 Å². The monoisotopic (exact) mass is 345 g/mol. The van der Waals surface area contributed by atoms with Crippen molar-refractivity contribution in [1.82, 2.24) is 19.6 Å². The lowest BCUT2D eigenvalue weighted by Crippen LogP contribution is -2.14. The molecule has 4 rings (SSSR count). The van der Waals surface area contributed by atoms with Crippen LogP contribution in [0.25, 0.3) is 5.78 Å². The Balaban J connectivity index is 1.47. The molecule has 0 unspecified atom stereocenters. The van der Waals surface area contributed by atoms with Gasteiger partial charge in [0, 0.05) is 17.6 Å². The van der Waals surface area contributed by atoms with Crippen LogP contribution in [-0.2, 0) is 0 Å². The van der Waals surface area contributed by atoms with E-state index in [1.807, 2.05) is 37.3 Å². The number of ether oxygens (including phenoxy) is 1. The highest BCUT2D eigenvalue weighted by Crippen LogP contribution is 2.22. The number of para-hydroxylation sites is 1. The zero-order valence-corrected chi connectivity index (χ0v) is 14.0. The third-order valence-electron chi connectivity index (χ3n) is 3.72. The topological polar surface area (TPSA) is 81.4 Å². The first kappa shape index (κ1) is 15.8. The number of carbonyl (C=O) groups is 1. The minimum absolute atomic E-state index is 0.0661. The molecule has 0 bridgehead atoms. The average molecular weight is 345 g/mol. The van der Waals surface area contributed by atoms with Crippen molar-refractivity contribution in [3.05, 3.63) is 78.4 Å². The van der Waals surface area contributed by atoms with Crippen LogP contribution in [0.1, 0.15) is 16.3 Å². The third-order valence-corrected chi connectivity index (χ3v) is 3.72. The number of anilines is 1. The summed E-state index contributed by atoms with van der Waals surface area (Å²) in [7, 11) is 0. The molecule has 7 nitrogen and oxygen atoms in total. The lowest BCUT2D eigenvalue weighted by molar-refractivity contribution is 0.101. The van der Waals surface area contributed by atoms with Crippen LogP contribution in [0.5, 0.6) is 11.5 Å². The van der Waals surface area contributed by atoms with E-state index in [0.717, 1.165) is 11.4 Å². The van der Waals surface area contributed by atoms with Crippen LogP contribution in [-0.4, -0.2) is 25.5 Å². The fourth-order valence-electron chi connectivity index (χ4n) is 2.42. The predicted octanol–water partition coefficient (Wildman–Crippen LogP) is 3.48. The first-order chi connectivity index (χ1) is 12.7. The Morgan fingerprint density at radius 3 is 2.46 bits per heavy atom. The van der Waals surface area contributed by atoms with Crippen molar-refractivity contribution in [3.8, 4) is 11.5 Å². The highest BCUT2D eigenvalue weighted by Gasteiger charge is 2.14. The van der Waals surface area contributed by atoms with E-state index in [2.05, 4.69) is 20.4 Å². The fourth-order valence-corrected chi connectivity index (χ4v) is 2.42. The van der Waals surface area contributed by atoms with E-state index in [4.69, 9.17) is 4.74 Å². The molecule has 0 atom stereocenters. The van der Waals surface area contributed by atoms with Crippen molar-refractivity contribution >= 4 is 17.4 Å². The second-order valence-electron chi connectivity index (χ2n) is 5.63. The normalized spacial score (nSPS) is 10.7. The summed E-state index contributed by atoms with van der Waals surface area (Å²) < 4.78 is 7.26. The van der Waals surface area contributed by atoms with Crippen molar-refractivity contribution in [3.63, 3.8) is 0 Å². The van der Waals surface area contributed by atoms with E-state index in [1.165, 1.54) is 4.52 Å². The number of carbonyl (C=O) groups excluding carboxylic acids is 1. The molecule has 2 aromatic carbocycles. The summed E-state index contributed by atoms with van der Waals surface area (Å²) in [5, 5.41) is 6.96. The molecule has 1 amide bonds. The summed E-state index contributed by atoms with van der Waals surface area (Å²) in [4.78, 5) is 20.6. The van der Waals surface area contributed by atoms with Gasteiger partial charge < -0.3 is 10.1 Å². The zero-order valence-electron chi connectivity index (χ0n) is 14.0. The second-order valence-corrected chi connectivity index (χ2v) is 5.63. The third kappa shape index (κ3) is 3.23. The molecule has 2 heterocycles. The molecule has 0 spiro atoms. The highest BCUT2D eigenvalue weighted by atomic mass is 16.5. The number of hydrogen-bond donors (Lipinski definition) is 1. The molecule has 1 N–H and O–H groups in total. The van der Waals surface area contributed by atoms with Crippen molar-refractivity contribution in [2.45, 2.75) is 6.92 Å². The van der Waals surface area contributed by atoms with Crippen molar-refractivity contribution < 1.29 is 9.53 Å². The molecule has 26 heavy (non-hydrogen) atoms. The van der Waals surface area contributed by atoms with Crippen LogP contribution in [0.4, 0.5) is 5.69 Å². The van der Waals surface area contributed by atoms with Crippen LogP contribution >= 0.6 is 0 Å². The summed E-state index contributed by atoms with van der Waals surface area (Å²) in [6.45, 7) is 1.87. The molecule has 0 aliphatic carbocycles. The highest BCUT2D eigenvalue weighted by molar-refractivity contribution is 6.01. The molecular weight excluding hydrogens is 330 g/mol. The number of amides is 1. The van der Waals surface area contributed by atoms with Gasteiger partial charge >= 0.3 is 0 Å². The molecule has 7 heteroatoms. The average Bonchev–Trinajstić information content (AvgIpc) is 3.10. The largest absolute Gasteiger partial charge is 0.457 e. The number of fused-ring (bicyclic) bond motifs is 1. The lowest BCUT2D eigenvalue weighted by Gasteiger charge is -2.07. The van der Waals surface area contributed by atoms with Crippen molar-refractivity contribution in [2.75, 3.05) is 5.32 Å². The molecule has 0 saturated heterocycles.